The van der Waals surface area contributed by atoms with Crippen LogP contribution in [0.4, 0.5) is 0 Å². The van der Waals surface area contributed by atoms with Crippen LogP contribution in [0.1, 0.15) is 17.4 Å². The van der Waals surface area contributed by atoms with Gasteiger partial charge in [-0.3, -0.25) is 9.78 Å². The van der Waals surface area contributed by atoms with Gasteiger partial charge in [0, 0.05) is 6.20 Å². The van der Waals surface area contributed by atoms with Crippen molar-refractivity contribution in [1.29, 1.82) is 0 Å². The number of hydrogen-bond acceptors (Lipinski definition) is 4. The van der Waals surface area contributed by atoms with E-state index >= 15 is 0 Å². The number of carboxylic acids is 1. The summed E-state index contributed by atoms with van der Waals surface area (Å²) < 4.78 is 0. The molecule has 0 aliphatic heterocycles. The highest BCUT2D eigenvalue weighted by Crippen LogP contribution is 2.16. The molecule has 6 heteroatoms. The van der Waals surface area contributed by atoms with Gasteiger partial charge in [0.25, 0.3) is 0 Å². The number of hydrogen-bond donors (Lipinski definition) is 3. The number of pyridine rings is 1. The Balaban J connectivity index is 2.90. The van der Waals surface area contributed by atoms with E-state index in [0.717, 1.165) is 0 Å². The second-order valence-corrected chi connectivity index (χ2v) is 3.29. The topological polar surface area (TPSA) is 96.4 Å². The highest BCUT2D eigenvalue weighted by molar-refractivity contribution is 6.16. The average molecular weight is 231 g/mol. The summed E-state index contributed by atoms with van der Waals surface area (Å²) in [5.74, 6) is -1.06. The van der Waals surface area contributed by atoms with E-state index in [2.05, 4.69) is 4.98 Å². The average Bonchev–Trinajstić information content (AvgIpc) is 2.27. The van der Waals surface area contributed by atoms with Gasteiger partial charge in [-0.05, 0) is 17.7 Å². The van der Waals surface area contributed by atoms with Crippen molar-refractivity contribution in [2.45, 2.75) is 18.0 Å². The Hall–Kier alpha value is -1.17. The molecule has 82 valence electrons. The first-order chi connectivity index (χ1) is 7.06. The molecule has 0 saturated heterocycles. The van der Waals surface area contributed by atoms with E-state index in [-0.39, 0.29) is 5.88 Å². The van der Waals surface area contributed by atoms with Crippen LogP contribution in [0.15, 0.2) is 18.3 Å². The Kier molecular flexibility index (Phi) is 4.02. The molecular weight excluding hydrogens is 220 g/mol. The molecule has 5 nitrogen and oxygen atoms in total. The van der Waals surface area contributed by atoms with E-state index in [0.29, 0.717) is 11.3 Å². The maximum Gasteiger partial charge on any atom is 0.323 e. The number of nitrogens with two attached hydrogens (primary N) is 1. The van der Waals surface area contributed by atoms with Gasteiger partial charge < -0.3 is 15.9 Å². The third-order valence-corrected chi connectivity index (χ3v) is 2.22. The van der Waals surface area contributed by atoms with Crippen molar-refractivity contribution in [3.05, 3.63) is 29.6 Å². The van der Waals surface area contributed by atoms with Crippen LogP contribution in [-0.4, -0.2) is 27.2 Å². The van der Waals surface area contributed by atoms with Crippen molar-refractivity contribution in [1.82, 2.24) is 4.98 Å². The van der Waals surface area contributed by atoms with E-state index < -0.39 is 18.1 Å². The van der Waals surface area contributed by atoms with Gasteiger partial charge in [-0.2, -0.15) is 0 Å². The zero-order valence-corrected chi connectivity index (χ0v) is 8.55. The maximum atomic E-state index is 10.5. The molecule has 1 rings (SSSR count). The van der Waals surface area contributed by atoms with E-state index in [1.54, 1.807) is 0 Å². The molecule has 0 aliphatic carbocycles. The first kappa shape index (κ1) is 11.9. The molecule has 0 bridgehead atoms. The molecule has 0 amide bonds. The van der Waals surface area contributed by atoms with Crippen LogP contribution in [0.3, 0.4) is 0 Å². The lowest BCUT2D eigenvalue weighted by atomic mass is 10.0. The molecule has 0 radical (unpaired) electrons. The summed E-state index contributed by atoms with van der Waals surface area (Å²) in [6, 6.07) is 1.68. The molecule has 2 unspecified atom stereocenters. The Morgan fingerprint density at radius 3 is 2.87 bits per heavy atom. The Morgan fingerprint density at radius 1 is 1.67 bits per heavy atom. The SMILES string of the molecule is NC(C(=O)O)C(O)c1ccnc(CCl)c1. The minimum absolute atomic E-state index is 0.197. The number of nitrogens with zero attached hydrogens (tertiary/aromatic N) is 1. The van der Waals surface area contributed by atoms with Crippen molar-refractivity contribution in [2.24, 2.45) is 5.73 Å². The largest absolute Gasteiger partial charge is 0.480 e. The smallest absolute Gasteiger partial charge is 0.323 e. The summed E-state index contributed by atoms with van der Waals surface area (Å²) in [7, 11) is 0. The second kappa shape index (κ2) is 5.06. The van der Waals surface area contributed by atoms with Crippen LogP contribution in [0.25, 0.3) is 0 Å². The molecule has 2 atom stereocenters. The number of aromatic nitrogens is 1. The predicted molar refractivity (Wildman–Crippen MR) is 54.4 cm³/mol. The minimum atomic E-state index is -1.35. The molecule has 0 saturated carbocycles. The fourth-order valence-electron chi connectivity index (χ4n) is 1.10. The Morgan fingerprint density at radius 2 is 2.33 bits per heavy atom. The van der Waals surface area contributed by atoms with E-state index in [4.69, 9.17) is 22.4 Å². The van der Waals surface area contributed by atoms with Gasteiger partial charge in [-0.15, -0.1) is 11.6 Å². The van der Waals surface area contributed by atoms with Crippen LogP contribution >= 0.6 is 11.6 Å². The Labute approximate surface area is 91.5 Å². The fraction of sp³-hybridized carbons (Fsp3) is 0.333. The van der Waals surface area contributed by atoms with Crippen LogP contribution in [0.2, 0.25) is 0 Å². The zero-order chi connectivity index (χ0) is 11.4. The van der Waals surface area contributed by atoms with Crippen molar-refractivity contribution in [3.63, 3.8) is 0 Å². The molecule has 15 heavy (non-hydrogen) atoms. The van der Waals surface area contributed by atoms with Crippen molar-refractivity contribution >= 4 is 17.6 Å². The second-order valence-electron chi connectivity index (χ2n) is 3.02. The fourth-order valence-corrected chi connectivity index (χ4v) is 1.24. The summed E-state index contributed by atoms with van der Waals surface area (Å²) in [4.78, 5) is 14.5. The molecule has 1 aromatic rings. The number of halogens is 1. The number of carbonyl (C=O) groups is 1. The Bertz CT molecular complexity index is 359. The van der Waals surface area contributed by atoms with E-state index in [1.165, 1.54) is 18.3 Å². The number of alkyl halides is 1. The van der Waals surface area contributed by atoms with Crippen LogP contribution in [0, 0.1) is 0 Å². The minimum Gasteiger partial charge on any atom is -0.480 e. The monoisotopic (exact) mass is 230 g/mol. The third-order valence-electron chi connectivity index (χ3n) is 1.94. The van der Waals surface area contributed by atoms with Crippen LogP contribution in [0.5, 0.6) is 0 Å². The summed E-state index contributed by atoms with van der Waals surface area (Å²) in [6.07, 6.45) is 0.192. The van der Waals surface area contributed by atoms with Gasteiger partial charge in [0.2, 0.25) is 0 Å². The standard InChI is InChI=1S/C9H11ClN2O3/c10-4-6-3-5(1-2-12-6)8(13)7(11)9(14)15/h1-3,7-8,13H,4,11H2,(H,14,15). The van der Waals surface area contributed by atoms with Crippen molar-refractivity contribution < 1.29 is 15.0 Å². The summed E-state index contributed by atoms with van der Waals surface area (Å²) in [6.45, 7) is 0. The normalized spacial score (nSPS) is 14.6. The highest BCUT2D eigenvalue weighted by Gasteiger charge is 2.23. The van der Waals surface area contributed by atoms with Gasteiger partial charge >= 0.3 is 5.97 Å². The van der Waals surface area contributed by atoms with Crippen LogP contribution < -0.4 is 5.73 Å². The summed E-state index contributed by atoms with van der Waals surface area (Å²) >= 11 is 5.55. The van der Waals surface area contributed by atoms with E-state index in [9.17, 15) is 9.90 Å². The van der Waals surface area contributed by atoms with Gasteiger partial charge in [-0.25, -0.2) is 0 Å². The van der Waals surface area contributed by atoms with Crippen molar-refractivity contribution in [2.75, 3.05) is 0 Å². The molecule has 4 N–H and O–H groups in total. The molecule has 1 heterocycles. The predicted octanol–water partition coefficient (Wildman–Crippen LogP) is 0.266. The first-order valence-corrected chi connectivity index (χ1v) is 4.77. The van der Waals surface area contributed by atoms with Crippen molar-refractivity contribution in [3.8, 4) is 0 Å². The first-order valence-electron chi connectivity index (χ1n) is 4.23. The van der Waals surface area contributed by atoms with Gasteiger partial charge in [0.15, 0.2) is 0 Å². The zero-order valence-electron chi connectivity index (χ0n) is 7.80. The number of aliphatic hydroxyl groups excluding tert-OH is 1. The van der Waals surface area contributed by atoms with Crippen LogP contribution in [-0.2, 0) is 10.7 Å². The molecule has 0 aromatic carbocycles. The quantitative estimate of drug-likeness (QED) is 0.645. The third kappa shape index (κ3) is 2.89. The number of aliphatic hydroxyl groups is 1. The number of rotatable bonds is 4. The number of carboxylic acid groups (broad SMARTS) is 1. The molecule has 0 spiro atoms. The lowest BCUT2D eigenvalue weighted by Gasteiger charge is -2.15. The summed E-state index contributed by atoms with van der Waals surface area (Å²) in [5, 5.41) is 18.2. The van der Waals surface area contributed by atoms with Gasteiger partial charge in [-0.1, -0.05) is 0 Å². The lowest BCUT2D eigenvalue weighted by molar-refractivity contribution is -0.141. The highest BCUT2D eigenvalue weighted by atomic mass is 35.5. The maximum absolute atomic E-state index is 10.5. The number of aliphatic carboxylic acids is 1. The summed E-state index contributed by atoms with van der Waals surface area (Å²) in [5.41, 5.74) is 6.24. The molecular formula is C9H11ClN2O3. The van der Waals surface area contributed by atoms with E-state index in [1.807, 2.05) is 0 Å². The molecule has 1 aromatic heterocycles. The van der Waals surface area contributed by atoms with Gasteiger partial charge in [0.1, 0.15) is 12.1 Å². The lowest BCUT2D eigenvalue weighted by Crippen LogP contribution is -2.36. The molecule has 0 aliphatic rings. The van der Waals surface area contributed by atoms with Gasteiger partial charge in [0.05, 0.1) is 11.6 Å². The molecule has 0 fully saturated rings.